The van der Waals surface area contributed by atoms with Crippen LogP contribution in [-0.4, -0.2) is 37.4 Å². The van der Waals surface area contributed by atoms with E-state index in [2.05, 4.69) is 4.90 Å². The quantitative estimate of drug-likeness (QED) is 0.870. The fourth-order valence-corrected chi connectivity index (χ4v) is 2.28. The van der Waals surface area contributed by atoms with Gasteiger partial charge in [-0.2, -0.15) is 0 Å². The van der Waals surface area contributed by atoms with Crippen molar-refractivity contribution in [3.63, 3.8) is 0 Å². The topological polar surface area (TPSA) is 49.8 Å². The Morgan fingerprint density at radius 3 is 2.94 bits per heavy atom. The van der Waals surface area contributed by atoms with E-state index < -0.39 is 5.97 Å². The van der Waals surface area contributed by atoms with Crippen molar-refractivity contribution in [2.75, 3.05) is 25.1 Å². The van der Waals surface area contributed by atoms with Crippen LogP contribution in [0, 0.1) is 0 Å². The van der Waals surface area contributed by atoms with E-state index in [1.165, 1.54) is 0 Å². The number of carboxylic acid groups (broad SMARTS) is 1. The standard InChI is InChI=1S/C13H17NO3/c1-17-10-5-4-8-14(9-10)12-7-3-2-6-11(12)13(15)16/h2-3,6-7,10H,4-5,8-9H2,1H3,(H,15,16). The Morgan fingerprint density at radius 1 is 1.47 bits per heavy atom. The summed E-state index contributed by atoms with van der Waals surface area (Å²) in [7, 11) is 1.71. The monoisotopic (exact) mass is 235 g/mol. The Kier molecular flexibility index (Phi) is 3.64. The molecule has 0 aliphatic carbocycles. The van der Waals surface area contributed by atoms with Gasteiger partial charge in [0.15, 0.2) is 0 Å². The van der Waals surface area contributed by atoms with Crippen LogP contribution in [0.25, 0.3) is 0 Å². The summed E-state index contributed by atoms with van der Waals surface area (Å²) in [5, 5.41) is 9.16. The third-order valence-electron chi connectivity index (χ3n) is 3.19. The van der Waals surface area contributed by atoms with Crippen LogP contribution >= 0.6 is 0 Å². The molecule has 0 spiro atoms. The van der Waals surface area contributed by atoms with Crippen molar-refractivity contribution < 1.29 is 14.6 Å². The van der Waals surface area contributed by atoms with Crippen molar-refractivity contribution in [2.24, 2.45) is 0 Å². The largest absolute Gasteiger partial charge is 0.478 e. The highest BCUT2D eigenvalue weighted by atomic mass is 16.5. The van der Waals surface area contributed by atoms with E-state index in [1.54, 1.807) is 19.2 Å². The Bertz CT molecular complexity index is 405. The van der Waals surface area contributed by atoms with Gasteiger partial charge < -0.3 is 14.7 Å². The molecule has 1 unspecified atom stereocenters. The van der Waals surface area contributed by atoms with Crippen LogP contribution in [0.4, 0.5) is 5.69 Å². The van der Waals surface area contributed by atoms with E-state index in [0.717, 1.165) is 31.6 Å². The van der Waals surface area contributed by atoms with Gasteiger partial charge >= 0.3 is 5.97 Å². The van der Waals surface area contributed by atoms with E-state index in [0.29, 0.717) is 5.56 Å². The highest BCUT2D eigenvalue weighted by Gasteiger charge is 2.22. The molecule has 1 aromatic rings. The average molecular weight is 235 g/mol. The first-order chi connectivity index (χ1) is 8.22. The highest BCUT2D eigenvalue weighted by Crippen LogP contribution is 2.24. The lowest BCUT2D eigenvalue weighted by Crippen LogP contribution is -2.39. The van der Waals surface area contributed by atoms with Crippen LogP contribution in [0.5, 0.6) is 0 Å². The number of para-hydroxylation sites is 1. The maximum absolute atomic E-state index is 11.2. The molecule has 0 bridgehead atoms. The zero-order valence-electron chi connectivity index (χ0n) is 9.93. The van der Waals surface area contributed by atoms with Gasteiger partial charge in [0.2, 0.25) is 0 Å². The molecule has 4 nitrogen and oxygen atoms in total. The Labute approximate surface area is 101 Å². The van der Waals surface area contributed by atoms with E-state index in [9.17, 15) is 4.79 Å². The molecule has 0 amide bonds. The molecule has 0 aromatic heterocycles. The molecule has 17 heavy (non-hydrogen) atoms. The van der Waals surface area contributed by atoms with Gasteiger partial charge in [-0.05, 0) is 25.0 Å². The Morgan fingerprint density at radius 2 is 2.24 bits per heavy atom. The molecule has 1 aliphatic rings. The SMILES string of the molecule is COC1CCCN(c2ccccc2C(=O)O)C1. The molecule has 92 valence electrons. The van der Waals surface area contributed by atoms with Gasteiger partial charge in [0.1, 0.15) is 0 Å². The molecule has 1 saturated heterocycles. The number of carboxylic acids is 1. The van der Waals surface area contributed by atoms with Gasteiger partial charge in [-0.3, -0.25) is 0 Å². The number of carbonyl (C=O) groups is 1. The van der Waals surface area contributed by atoms with Crippen molar-refractivity contribution in [2.45, 2.75) is 18.9 Å². The lowest BCUT2D eigenvalue weighted by atomic mass is 10.1. The van der Waals surface area contributed by atoms with Crippen molar-refractivity contribution >= 4 is 11.7 Å². The number of piperidine rings is 1. The molecule has 1 aliphatic heterocycles. The molecular formula is C13H17NO3. The summed E-state index contributed by atoms with van der Waals surface area (Å²) in [5.74, 6) is -0.875. The summed E-state index contributed by atoms with van der Waals surface area (Å²) in [6.45, 7) is 1.66. The molecule has 1 fully saturated rings. The van der Waals surface area contributed by atoms with Crippen molar-refractivity contribution in [3.8, 4) is 0 Å². The zero-order chi connectivity index (χ0) is 12.3. The summed E-state index contributed by atoms with van der Waals surface area (Å²) in [5.41, 5.74) is 1.16. The second-order valence-corrected chi connectivity index (χ2v) is 4.27. The summed E-state index contributed by atoms with van der Waals surface area (Å²) >= 11 is 0. The first kappa shape index (κ1) is 11.9. The minimum atomic E-state index is -0.875. The van der Waals surface area contributed by atoms with Crippen LogP contribution in [0.2, 0.25) is 0 Å². The summed E-state index contributed by atoms with van der Waals surface area (Å²) < 4.78 is 5.35. The molecular weight excluding hydrogens is 218 g/mol. The lowest BCUT2D eigenvalue weighted by Gasteiger charge is -2.34. The lowest BCUT2D eigenvalue weighted by molar-refractivity contribution is 0.0695. The first-order valence-electron chi connectivity index (χ1n) is 5.82. The minimum absolute atomic E-state index is 0.200. The number of aromatic carboxylic acids is 1. The number of methoxy groups -OCH3 is 1. The summed E-state index contributed by atoms with van der Waals surface area (Å²) in [6.07, 6.45) is 2.28. The van der Waals surface area contributed by atoms with Crippen LogP contribution in [0.3, 0.4) is 0 Å². The smallest absolute Gasteiger partial charge is 0.337 e. The van der Waals surface area contributed by atoms with Crippen LogP contribution in [-0.2, 0) is 4.74 Å². The number of anilines is 1. The maximum Gasteiger partial charge on any atom is 0.337 e. The molecule has 0 radical (unpaired) electrons. The molecule has 1 aromatic carbocycles. The Balaban J connectivity index is 2.24. The van der Waals surface area contributed by atoms with Crippen LogP contribution in [0.15, 0.2) is 24.3 Å². The zero-order valence-corrected chi connectivity index (χ0v) is 9.93. The third-order valence-corrected chi connectivity index (χ3v) is 3.19. The average Bonchev–Trinajstić information content (AvgIpc) is 2.39. The van der Waals surface area contributed by atoms with Crippen LogP contribution in [0.1, 0.15) is 23.2 Å². The number of benzene rings is 1. The van der Waals surface area contributed by atoms with Crippen LogP contribution < -0.4 is 4.90 Å². The normalized spacial score (nSPS) is 20.3. The predicted octanol–water partition coefficient (Wildman–Crippen LogP) is 2.00. The van der Waals surface area contributed by atoms with Gasteiger partial charge in [0.05, 0.1) is 17.4 Å². The van der Waals surface area contributed by atoms with E-state index in [1.807, 2.05) is 12.1 Å². The Hall–Kier alpha value is -1.55. The predicted molar refractivity (Wildman–Crippen MR) is 65.6 cm³/mol. The maximum atomic E-state index is 11.2. The molecule has 1 atom stereocenters. The van der Waals surface area contributed by atoms with Gasteiger partial charge in [-0.1, -0.05) is 12.1 Å². The summed E-state index contributed by atoms with van der Waals surface area (Å²) in [4.78, 5) is 13.3. The van der Waals surface area contributed by atoms with Gasteiger partial charge in [-0.25, -0.2) is 4.79 Å². The van der Waals surface area contributed by atoms with E-state index in [-0.39, 0.29) is 6.10 Å². The third kappa shape index (κ3) is 2.58. The van der Waals surface area contributed by atoms with E-state index >= 15 is 0 Å². The fraction of sp³-hybridized carbons (Fsp3) is 0.462. The number of ether oxygens (including phenoxy) is 1. The number of rotatable bonds is 3. The van der Waals surface area contributed by atoms with Crippen molar-refractivity contribution in [1.29, 1.82) is 0 Å². The first-order valence-corrected chi connectivity index (χ1v) is 5.82. The van der Waals surface area contributed by atoms with Gasteiger partial charge in [0.25, 0.3) is 0 Å². The summed E-state index contributed by atoms with van der Waals surface area (Å²) in [6, 6.07) is 7.14. The van der Waals surface area contributed by atoms with Gasteiger partial charge in [0, 0.05) is 20.2 Å². The van der Waals surface area contributed by atoms with Gasteiger partial charge in [-0.15, -0.1) is 0 Å². The van der Waals surface area contributed by atoms with E-state index in [4.69, 9.17) is 9.84 Å². The number of hydrogen-bond donors (Lipinski definition) is 1. The molecule has 2 rings (SSSR count). The molecule has 0 saturated carbocycles. The second-order valence-electron chi connectivity index (χ2n) is 4.27. The fourth-order valence-electron chi connectivity index (χ4n) is 2.28. The molecule has 1 heterocycles. The van der Waals surface area contributed by atoms with Crippen molar-refractivity contribution in [3.05, 3.63) is 29.8 Å². The van der Waals surface area contributed by atoms with Crippen molar-refractivity contribution in [1.82, 2.24) is 0 Å². The molecule has 1 N–H and O–H groups in total. The minimum Gasteiger partial charge on any atom is -0.478 e. The number of hydrogen-bond acceptors (Lipinski definition) is 3. The highest BCUT2D eigenvalue weighted by molar-refractivity contribution is 5.94. The second kappa shape index (κ2) is 5.19. The molecule has 4 heteroatoms. The number of nitrogens with zero attached hydrogens (tertiary/aromatic N) is 1.